The predicted octanol–water partition coefficient (Wildman–Crippen LogP) is 4.33. The van der Waals surface area contributed by atoms with Gasteiger partial charge in [-0.3, -0.25) is 4.90 Å². The Hall–Kier alpha value is -1.84. The molecule has 0 N–H and O–H groups in total. The van der Waals surface area contributed by atoms with E-state index in [-0.39, 0.29) is 53.6 Å². The molecule has 0 amide bonds. The molecule has 118 valence electrons. The van der Waals surface area contributed by atoms with E-state index < -0.39 is 61.1 Å². The Morgan fingerprint density at radius 2 is 1.78 bits per heavy atom. The third kappa shape index (κ3) is 3.12. The summed E-state index contributed by atoms with van der Waals surface area (Å²) in [5.41, 5.74) is -0.145. The molecule has 3 nitrogen and oxygen atoms in total. The zero-order valence-electron chi connectivity index (χ0n) is 24.0. The van der Waals surface area contributed by atoms with Crippen molar-refractivity contribution in [1.82, 2.24) is 14.5 Å². The van der Waals surface area contributed by atoms with Crippen molar-refractivity contribution < 1.29 is 16.4 Å². The molecule has 0 unspecified atom stereocenters. The van der Waals surface area contributed by atoms with Gasteiger partial charge >= 0.3 is 0 Å². The molecule has 23 heavy (non-hydrogen) atoms. The number of aromatic nitrogens is 2. The quantitative estimate of drug-likeness (QED) is 0.706. The maximum absolute atomic E-state index is 8.41. The Balaban J connectivity index is 1.93. The van der Waals surface area contributed by atoms with Gasteiger partial charge in [-0.2, -0.15) is 0 Å². The summed E-state index contributed by atoms with van der Waals surface area (Å²) in [5.74, 6) is 0.146. The van der Waals surface area contributed by atoms with Crippen molar-refractivity contribution in [2.45, 2.75) is 25.8 Å². The number of nitrogens with zero attached hydrogens (tertiary/aromatic N) is 3. The molecule has 1 fully saturated rings. The molecular formula is C19H20ClN3. The number of fused-ring (bicyclic) bond motifs is 1. The third-order valence-electron chi connectivity index (χ3n) is 3.53. The Labute approximate surface area is 158 Å². The highest BCUT2D eigenvalue weighted by Crippen LogP contribution is 2.21. The van der Waals surface area contributed by atoms with E-state index >= 15 is 0 Å². The molecule has 0 bridgehead atoms. The lowest BCUT2D eigenvalue weighted by Crippen LogP contribution is -2.21. The van der Waals surface area contributed by atoms with Crippen LogP contribution >= 0.6 is 11.6 Å². The highest BCUT2D eigenvalue weighted by molar-refractivity contribution is 6.30. The van der Waals surface area contributed by atoms with Crippen molar-refractivity contribution in [2.24, 2.45) is 0 Å². The highest BCUT2D eigenvalue weighted by atomic mass is 35.5. The Bertz CT molecular complexity index is 1320. The molecule has 3 aromatic rings. The van der Waals surface area contributed by atoms with Crippen LogP contribution in [0.4, 0.5) is 0 Å². The van der Waals surface area contributed by atoms with Gasteiger partial charge in [0.1, 0.15) is 5.82 Å². The van der Waals surface area contributed by atoms with Crippen LogP contribution in [0, 0.1) is 0 Å². The molecule has 4 rings (SSSR count). The monoisotopic (exact) mass is 337 g/mol. The predicted molar refractivity (Wildman–Crippen MR) is 94.8 cm³/mol. The van der Waals surface area contributed by atoms with E-state index in [1.54, 1.807) is 0 Å². The second-order valence-electron chi connectivity index (χ2n) is 5.10. The number of para-hydroxylation sites is 2. The molecule has 1 aliphatic rings. The average Bonchev–Trinajstić information content (AvgIpc) is 3.23. The second kappa shape index (κ2) is 6.34. The lowest BCUT2D eigenvalue weighted by atomic mass is 10.2. The zero-order chi connectivity index (χ0) is 26.2. The molecule has 0 saturated carbocycles. The first kappa shape index (κ1) is 6.58. The van der Waals surface area contributed by atoms with Crippen molar-refractivity contribution in [1.29, 1.82) is 0 Å². The van der Waals surface area contributed by atoms with Gasteiger partial charge in [0.25, 0.3) is 0 Å². The summed E-state index contributed by atoms with van der Waals surface area (Å²) >= 11 is 5.91. The van der Waals surface area contributed by atoms with E-state index in [1.165, 1.54) is 9.47 Å². The summed E-state index contributed by atoms with van der Waals surface area (Å²) in [5, 5.41) is -0.345. The van der Waals surface area contributed by atoms with Gasteiger partial charge in [-0.05, 0) is 55.6 Å². The van der Waals surface area contributed by atoms with Crippen LogP contribution in [0.2, 0.25) is 5.02 Å². The van der Waals surface area contributed by atoms with Crippen LogP contribution in [0.3, 0.4) is 0 Å². The van der Waals surface area contributed by atoms with Crippen LogP contribution in [0.5, 0.6) is 0 Å². The topological polar surface area (TPSA) is 21.1 Å². The van der Waals surface area contributed by atoms with Crippen LogP contribution in [0.25, 0.3) is 11.0 Å². The number of hydrogen-bond donors (Lipinski definition) is 0. The average molecular weight is 338 g/mol. The van der Waals surface area contributed by atoms with Crippen LogP contribution in [-0.4, -0.2) is 27.5 Å². The van der Waals surface area contributed by atoms with Gasteiger partial charge in [-0.1, -0.05) is 35.8 Å². The maximum Gasteiger partial charge on any atom is 0.124 e. The van der Waals surface area contributed by atoms with Gasteiger partial charge in [0.05, 0.1) is 28.5 Å². The highest BCUT2D eigenvalue weighted by Gasteiger charge is 2.17. The number of imidazole rings is 1. The molecule has 2 aromatic carbocycles. The van der Waals surface area contributed by atoms with Crippen LogP contribution in [0.1, 0.15) is 40.6 Å². The molecule has 0 radical (unpaired) electrons. The first-order valence-corrected chi connectivity index (χ1v) is 7.39. The van der Waals surface area contributed by atoms with Gasteiger partial charge in [0, 0.05) is 17.1 Å². The van der Waals surface area contributed by atoms with E-state index in [4.69, 9.17) is 28.1 Å². The minimum absolute atomic E-state index is 0.0111. The van der Waals surface area contributed by atoms with Gasteiger partial charge in [-0.25, -0.2) is 4.98 Å². The SMILES string of the molecule is [2H]c1c([2H])c(Cn2c(CN3CC([2H])([2H])C([2H])([2H])C3)nc3c([2H])c([2H])c([2H])c([2H])c32)c([2H])c([2H])c1Cl. The zero-order valence-corrected chi connectivity index (χ0v) is 12.8. The van der Waals surface area contributed by atoms with Crippen molar-refractivity contribution >= 4 is 22.6 Å². The van der Waals surface area contributed by atoms with Crippen molar-refractivity contribution in [2.75, 3.05) is 13.1 Å². The Morgan fingerprint density at radius 3 is 2.57 bits per heavy atom. The summed E-state index contributed by atoms with van der Waals surface area (Å²) in [4.78, 5) is 5.85. The molecule has 0 atom stereocenters. The molecule has 1 saturated heterocycles. The summed E-state index contributed by atoms with van der Waals surface area (Å²) in [6.45, 7) is -0.933. The molecular weight excluding hydrogens is 306 g/mol. The fraction of sp³-hybridized carbons (Fsp3) is 0.316. The van der Waals surface area contributed by atoms with Crippen molar-refractivity contribution in [3.63, 3.8) is 0 Å². The van der Waals surface area contributed by atoms with Crippen molar-refractivity contribution in [3.8, 4) is 0 Å². The summed E-state index contributed by atoms with van der Waals surface area (Å²) in [7, 11) is 0. The first-order chi connectivity index (χ1) is 16.1. The minimum atomic E-state index is -2.13. The Morgan fingerprint density at radius 1 is 1.04 bits per heavy atom. The summed E-state index contributed by atoms with van der Waals surface area (Å²) in [6, 6.07) is -3.52. The molecule has 1 aromatic heterocycles. The second-order valence-corrected chi connectivity index (χ2v) is 5.48. The largest absolute Gasteiger partial charge is 0.322 e. The standard InChI is InChI=1S/C19H20ClN3/c20-16-9-7-15(8-10-16)13-23-18-6-2-1-5-17(18)21-19(23)14-22-11-3-4-12-22/h1-2,5-10H,3-4,11-14H2/i1D,2D,3D2,4D2,5D,6D,7D,8D,9D,10D. The van der Waals surface area contributed by atoms with Gasteiger partial charge in [-0.15, -0.1) is 0 Å². The molecule has 0 spiro atoms. The molecule has 2 heterocycles. The van der Waals surface area contributed by atoms with E-state index in [0.717, 1.165) is 0 Å². The van der Waals surface area contributed by atoms with Gasteiger partial charge < -0.3 is 4.57 Å². The Kier molecular flexibility index (Phi) is 1.81. The number of halogens is 1. The van der Waals surface area contributed by atoms with E-state index in [1.807, 2.05) is 0 Å². The summed E-state index contributed by atoms with van der Waals surface area (Å²) in [6.07, 6.45) is -4.26. The molecule has 0 aliphatic carbocycles. The van der Waals surface area contributed by atoms with Crippen molar-refractivity contribution in [3.05, 3.63) is 64.7 Å². The van der Waals surface area contributed by atoms with E-state index in [0.29, 0.717) is 0 Å². The fourth-order valence-corrected chi connectivity index (χ4v) is 2.54. The number of hydrogen-bond acceptors (Lipinski definition) is 2. The van der Waals surface area contributed by atoms with Gasteiger partial charge in [0.15, 0.2) is 0 Å². The molecule has 1 aliphatic heterocycles. The third-order valence-corrected chi connectivity index (χ3v) is 3.72. The minimum Gasteiger partial charge on any atom is -0.322 e. The fourth-order valence-electron chi connectivity index (χ4n) is 2.45. The lowest BCUT2D eigenvalue weighted by molar-refractivity contribution is 0.318. The van der Waals surface area contributed by atoms with E-state index in [9.17, 15) is 0 Å². The molecule has 4 heteroatoms. The van der Waals surface area contributed by atoms with Crippen LogP contribution < -0.4 is 0 Å². The normalized spacial score (nSPS) is 27.3. The smallest absolute Gasteiger partial charge is 0.124 e. The number of benzene rings is 2. The maximum atomic E-state index is 8.41. The summed E-state index contributed by atoms with van der Waals surface area (Å²) < 4.78 is 98.6. The van der Waals surface area contributed by atoms with Crippen LogP contribution in [0.15, 0.2) is 48.3 Å². The van der Waals surface area contributed by atoms with Gasteiger partial charge in [0.2, 0.25) is 0 Å². The number of rotatable bonds is 4. The lowest BCUT2D eigenvalue weighted by Gasteiger charge is -2.16. The first-order valence-electron chi connectivity index (χ1n) is 13.0. The van der Waals surface area contributed by atoms with E-state index in [2.05, 4.69) is 4.98 Å². The number of likely N-dealkylation sites (tertiary alicyclic amines) is 1. The van der Waals surface area contributed by atoms with Crippen LogP contribution in [-0.2, 0) is 13.1 Å².